The maximum Gasteiger partial charge on any atom is 0.118 e. The van der Waals surface area contributed by atoms with Gasteiger partial charge in [-0.1, -0.05) is 42.5 Å². The molecule has 6 nitrogen and oxygen atoms in total. The monoisotopic (exact) mass is 568 g/mol. The molecule has 0 aromatic heterocycles. The predicted octanol–water partition coefficient (Wildman–Crippen LogP) is 11.0. The summed E-state index contributed by atoms with van der Waals surface area (Å²) in [5.41, 5.74) is 12.6. The molecular formula is C37H36N4O2. The van der Waals surface area contributed by atoms with E-state index in [9.17, 15) is 10.2 Å². The second-order valence-corrected chi connectivity index (χ2v) is 11.0. The SMILES string of the molecule is Cc1cc(N=Nc2ccc(C(c3ccccc3)c3ccc(N=Nc4ccc(O)c(C)c4)c(C)c3C)c(C)c2C)ccc1O. The normalized spacial score (nSPS) is 12.3. The summed E-state index contributed by atoms with van der Waals surface area (Å²) in [4.78, 5) is 0. The number of phenols is 2. The number of nitrogens with zero attached hydrogens (tertiary/aromatic N) is 4. The van der Waals surface area contributed by atoms with Crippen LogP contribution < -0.4 is 0 Å². The highest BCUT2D eigenvalue weighted by molar-refractivity contribution is 5.61. The maximum absolute atomic E-state index is 9.83. The lowest BCUT2D eigenvalue weighted by atomic mass is 9.79. The van der Waals surface area contributed by atoms with Gasteiger partial charge in [-0.2, -0.15) is 20.5 Å². The summed E-state index contributed by atoms with van der Waals surface area (Å²) in [7, 11) is 0. The summed E-state index contributed by atoms with van der Waals surface area (Å²) in [6.07, 6.45) is 0. The zero-order chi connectivity index (χ0) is 30.7. The number of aryl methyl sites for hydroxylation is 2. The van der Waals surface area contributed by atoms with Gasteiger partial charge in [-0.05, 0) is 140 Å². The van der Waals surface area contributed by atoms with E-state index in [0.29, 0.717) is 11.4 Å². The molecule has 2 N–H and O–H groups in total. The van der Waals surface area contributed by atoms with Crippen LogP contribution in [0.5, 0.6) is 11.5 Å². The van der Waals surface area contributed by atoms with Crippen molar-refractivity contribution < 1.29 is 10.2 Å². The molecular weight excluding hydrogens is 532 g/mol. The second kappa shape index (κ2) is 12.4. The first kappa shape index (κ1) is 29.4. The van der Waals surface area contributed by atoms with Crippen LogP contribution in [0.1, 0.15) is 56.0 Å². The quantitative estimate of drug-likeness (QED) is 0.151. The molecule has 5 rings (SSSR count). The molecule has 6 heteroatoms. The van der Waals surface area contributed by atoms with E-state index in [1.54, 1.807) is 24.3 Å². The van der Waals surface area contributed by atoms with E-state index < -0.39 is 0 Å². The lowest BCUT2D eigenvalue weighted by Gasteiger charge is -2.25. The minimum absolute atomic E-state index is 0.00933. The highest BCUT2D eigenvalue weighted by Crippen LogP contribution is 2.41. The molecule has 0 fully saturated rings. The summed E-state index contributed by atoms with van der Waals surface area (Å²) >= 11 is 0. The first-order chi connectivity index (χ1) is 20.6. The smallest absolute Gasteiger partial charge is 0.118 e. The Kier molecular flexibility index (Phi) is 8.48. The van der Waals surface area contributed by atoms with Crippen molar-refractivity contribution in [3.8, 4) is 11.5 Å². The molecule has 0 radical (unpaired) electrons. The van der Waals surface area contributed by atoms with Gasteiger partial charge in [0.15, 0.2) is 0 Å². The molecule has 0 unspecified atom stereocenters. The molecule has 5 aromatic rings. The average molecular weight is 569 g/mol. The molecule has 43 heavy (non-hydrogen) atoms. The van der Waals surface area contributed by atoms with Gasteiger partial charge in [0.2, 0.25) is 0 Å². The van der Waals surface area contributed by atoms with Crippen LogP contribution in [0.3, 0.4) is 0 Å². The topological polar surface area (TPSA) is 89.9 Å². The summed E-state index contributed by atoms with van der Waals surface area (Å²) < 4.78 is 0. The average Bonchev–Trinajstić information content (AvgIpc) is 3.00. The van der Waals surface area contributed by atoms with Crippen LogP contribution in [0.15, 0.2) is 111 Å². The lowest BCUT2D eigenvalue weighted by Crippen LogP contribution is -2.09. The summed E-state index contributed by atoms with van der Waals surface area (Å²) in [6.45, 7) is 12.2. The Balaban J connectivity index is 1.53. The van der Waals surface area contributed by atoms with Crippen molar-refractivity contribution in [3.63, 3.8) is 0 Å². The molecule has 0 atom stereocenters. The van der Waals surface area contributed by atoms with Crippen LogP contribution in [0.2, 0.25) is 0 Å². The van der Waals surface area contributed by atoms with Gasteiger partial charge in [-0.25, -0.2) is 0 Å². The highest BCUT2D eigenvalue weighted by Gasteiger charge is 2.23. The minimum atomic E-state index is 0.00933. The maximum atomic E-state index is 9.83. The van der Waals surface area contributed by atoms with E-state index in [0.717, 1.165) is 44.8 Å². The summed E-state index contributed by atoms with van der Waals surface area (Å²) in [5.74, 6) is 0.503. The van der Waals surface area contributed by atoms with Gasteiger partial charge in [0.05, 0.1) is 22.7 Å². The van der Waals surface area contributed by atoms with Gasteiger partial charge in [0, 0.05) is 5.92 Å². The molecule has 0 spiro atoms. The molecule has 0 heterocycles. The van der Waals surface area contributed by atoms with Crippen molar-refractivity contribution in [1.29, 1.82) is 0 Å². The summed E-state index contributed by atoms with van der Waals surface area (Å²) in [6, 6.07) is 29.4. The van der Waals surface area contributed by atoms with Crippen LogP contribution in [-0.2, 0) is 0 Å². The van der Waals surface area contributed by atoms with Gasteiger partial charge in [-0.15, -0.1) is 0 Å². The van der Waals surface area contributed by atoms with Crippen molar-refractivity contribution in [2.75, 3.05) is 0 Å². The molecule has 0 saturated heterocycles. The molecule has 0 amide bonds. The van der Waals surface area contributed by atoms with Gasteiger partial charge in [-0.3, -0.25) is 0 Å². The molecule has 0 aliphatic carbocycles. The molecule has 5 aromatic carbocycles. The molecule has 216 valence electrons. The third-order valence-electron chi connectivity index (χ3n) is 8.26. The Morgan fingerprint density at radius 1 is 0.465 bits per heavy atom. The van der Waals surface area contributed by atoms with E-state index in [1.165, 1.54) is 16.7 Å². The van der Waals surface area contributed by atoms with E-state index in [1.807, 2.05) is 44.2 Å². The molecule has 0 bridgehead atoms. The van der Waals surface area contributed by atoms with Gasteiger partial charge in [0.25, 0.3) is 0 Å². The van der Waals surface area contributed by atoms with Crippen molar-refractivity contribution in [2.24, 2.45) is 20.5 Å². The molecule has 0 aliphatic heterocycles. The summed E-state index contributed by atoms with van der Waals surface area (Å²) in [5, 5.41) is 37.7. The fraction of sp³-hybridized carbons (Fsp3) is 0.189. The van der Waals surface area contributed by atoms with Crippen molar-refractivity contribution in [1.82, 2.24) is 0 Å². The Morgan fingerprint density at radius 2 is 0.907 bits per heavy atom. The van der Waals surface area contributed by atoms with Crippen LogP contribution in [-0.4, -0.2) is 10.2 Å². The first-order valence-electron chi connectivity index (χ1n) is 14.3. The van der Waals surface area contributed by atoms with E-state index in [4.69, 9.17) is 0 Å². The first-order valence-corrected chi connectivity index (χ1v) is 14.3. The zero-order valence-corrected chi connectivity index (χ0v) is 25.4. The second-order valence-electron chi connectivity index (χ2n) is 11.0. The van der Waals surface area contributed by atoms with Crippen LogP contribution in [0.4, 0.5) is 22.7 Å². The predicted molar refractivity (Wildman–Crippen MR) is 173 cm³/mol. The number of benzene rings is 5. The Morgan fingerprint density at radius 3 is 1.33 bits per heavy atom. The Bertz CT molecular complexity index is 1740. The largest absolute Gasteiger partial charge is 0.508 e. The van der Waals surface area contributed by atoms with Crippen molar-refractivity contribution >= 4 is 22.7 Å². The third-order valence-corrected chi connectivity index (χ3v) is 8.26. The fourth-order valence-electron chi connectivity index (χ4n) is 5.30. The number of hydrogen-bond acceptors (Lipinski definition) is 6. The zero-order valence-electron chi connectivity index (χ0n) is 25.4. The van der Waals surface area contributed by atoms with Crippen LogP contribution >= 0.6 is 0 Å². The fourth-order valence-corrected chi connectivity index (χ4v) is 5.30. The van der Waals surface area contributed by atoms with Crippen LogP contribution in [0, 0.1) is 41.5 Å². The van der Waals surface area contributed by atoms with Gasteiger partial charge >= 0.3 is 0 Å². The van der Waals surface area contributed by atoms with Gasteiger partial charge < -0.3 is 10.2 Å². The minimum Gasteiger partial charge on any atom is -0.508 e. The lowest BCUT2D eigenvalue weighted by molar-refractivity contribution is 0.470. The van der Waals surface area contributed by atoms with Crippen LogP contribution in [0.25, 0.3) is 0 Å². The number of phenolic OH excluding ortho intramolecular Hbond substituents is 2. The van der Waals surface area contributed by atoms with Crippen molar-refractivity contribution in [2.45, 2.75) is 47.5 Å². The number of aromatic hydroxyl groups is 2. The van der Waals surface area contributed by atoms with Crippen molar-refractivity contribution in [3.05, 3.63) is 141 Å². The standard InChI is InChI=1S/C37H36N4O2/c1-22-20-29(12-18-35(22)42)38-40-33-16-14-31(24(3)26(33)5)37(28-10-8-7-9-11-28)32-15-17-34(27(6)25(32)4)41-39-30-13-19-36(43)23(2)21-30/h7-21,37,42-43H,1-6H3. The van der Waals surface area contributed by atoms with Gasteiger partial charge in [0.1, 0.15) is 11.5 Å². The number of azo groups is 2. The highest BCUT2D eigenvalue weighted by atomic mass is 16.3. The number of hydrogen-bond donors (Lipinski definition) is 2. The molecule has 0 saturated carbocycles. The molecule has 0 aliphatic rings. The van der Waals surface area contributed by atoms with E-state index in [2.05, 4.69) is 84.6 Å². The third kappa shape index (κ3) is 6.24. The Labute approximate surface area is 253 Å². The van der Waals surface area contributed by atoms with E-state index >= 15 is 0 Å². The number of rotatable bonds is 7. The van der Waals surface area contributed by atoms with E-state index in [-0.39, 0.29) is 17.4 Å². The Hall–Kier alpha value is -5.10.